The third-order valence-electron chi connectivity index (χ3n) is 4.75. The second kappa shape index (κ2) is 7.98. The lowest BCUT2D eigenvalue weighted by Gasteiger charge is -2.45. The van der Waals surface area contributed by atoms with E-state index in [0.29, 0.717) is 11.4 Å². The van der Waals surface area contributed by atoms with Crippen molar-refractivity contribution in [2.45, 2.75) is 45.2 Å². The highest BCUT2D eigenvalue weighted by Crippen LogP contribution is 2.38. The first kappa shape index (κ1) is 18.0. The molecule has 0 saturated carbocycles. The topological polar surface area (TPSA) is 40.5 Å². The molecule has 1 N–H and O–H groups in total. The van der Waals surface area contributed by atoms with E-state index in [1.54, 1.807) is 0 Å². The molecule has 0 spiro atoms. The molecule has 1 fully saturated rings. The fourth-order valence-electron chi connectivity index (χ4n) is 3.43. The van der Waals surface area contributed by atoms with Gasteiger partial charge in [0.25, 0.3) is 0 Å². The molecule has 23 heavy (non-hydrogen) atoms. The fraction of sp³-hybridized carbons (Fsp3) is 0.526. The Kier molecular flexibility index (Phi) is 6.25. The first-order valence-corrected chi connectivity index (χ1v) is 8.66. The van der Waals surface area contributed by atoms with Gasteiger partial charge in [0.05, 0.1) is 18.7 Å². The largest absolute Gasteiger partial charge is 0.394 e. The zero-order valence-electron chi connectivity index (χ0n) is 13.9. The predicted molar refractivity (Wildman–Crippen MR) is 94.3 cm³/mol. The van der Waals surface area contributed by atoms with Crippen molar-refractivity contribution in [3.05, 3.63) is 47.5 Å². The van der Waals surface area contributed by atoms with Gasteiger partial charge in [-0.1, -0.05) is 43.7 Å². The van der Waals surface area contributed by atoms with E-state index in [0.717, 1.165) is 18.4 Å². The third-order valence-corrected chi connectivity index (χ3v) is 5.00. The van der Waals surface area contributed by atoms with Gasteiger partial charge in [-0.05, 0) is 42.9 Å². The van der Waals surface area contributed by atoms with Gasteiger partial charge in [-0.2, -0.15) is 0 Å². The van der Waals surface area contributed by atoms with Crippen LogP contribution in [0.2, 0.25) is 5.02 Å². The standard InChI is InChI=1S/C19H26ClNO2/c1-4-5-15-8-11-17(14-6-9-16(20)10-7-14)21(19(15)23)18(12-22)13(2)3/h4,6-7,9-10,13,15,17-18,22H,1,5,8,11-12H2,2-3H3/t15?,17-,18?/m0/s1. The number of carbonyl (C=O) groups is 1. The number of carbonyl (C=O) groups excluding carboxylic acids is 1. The molecule has 0 aromatic heterocycles. The Labute approximate surface area is 143 Å². The van der Waals surface area contributed by atoms with E-state index < -0.39 is 0 Å². The summed E-state index contributed by atoms with van der Waals surface area (Å²) in [5, 5.41) is 10.5. The number of rotatable bonds is 6. The Balaban J connectivity index is 2.36. The van der Waals surface area contributed by atoms with Crippen LogP contribution in [-0.2, 0) is 4.79 Å². The summed E-state index contributed by atoms with van der Waals surface area (Å²) < 4.78 is 0. The summed E-state index contributed by atoms with van der Waals surface area (Å²) in [7, 11) is 0. The molecule has 1 aromatic carbocycles. The van der Waals surface area contributed by atoms with E-state index in [2.05, 4.69) is 6.58 Å². The Morgan fingerprint density at radius 1 is 1.35 bits per heavy atom. The summed E-state index contributed by atoms with van der Waals surface area (Å²) in [6.45, 7) is 7.84. The maximum absolute atomic E-state index is 13.0. The van der Waals surface area contributed by atoms with Crippen LogP contribution in [0.5, 0.6) is 0 Å². The van der Waals surface area contributed by atoms with Crippen molar-refractivity contribution >= 4 is 17.5 Å². The average Bonchev–Trinajstić information content (AvgIpc) is 2.52. The maximum Gasteiger partial charge on any atom is 0.226 e. The summed E-state index contributed by atoms with van der Waals surface area (Å²) >= 11 is 5.99. The van der Waals surface area contributed by atoms with Gasteiger partial charge in [0, 0.05) is 10.9 Å². The van der Waals surface area contributed by atoms with Crippen molar-refractivity contribution in [3.8, 4) is 0 Å². The summed E-state index contributed by atoms with van der Waals surface area (Å²) in [5.41, 5.74) is 1.08. The quantitative estimate of drug-likeness (QED) is 0.791. The highest BCUT2D eigenvalue weighted by Gasteiger charge is 2.40. The monoisotopic (exact) mass is 335 g/mol. The molecule has 4 heteroatoms. The Hall–Kier alpha value is -1.32. The fourth-order valence-corrected chi connectivity index (χ4v) is 3.56. The smallest absolute Gasteiger partial charge is 0.226 e. The zero-order chi connectivity index (χ0) is 17.0. The average molecular weight is 336 g/mol. The van der Waals surface area contributed by atoms with Crippen LogP contribution in [0, 0.1) is 11.8 Å². The molecule has 1 amide bonds. The molecule has 3 nitrogen and oxygen atoms in total. The van der Waals surface area contributed by atoms with Gasteiger partial charge in [-0.25, -0.2) is 0 Å². The number of amides is 1. The summed E-state index contributed by atoms with van der Waals surface area (Å²) in [5.74, 6) is 0.300. The Morgan fingerprint density at radius 3 is 2.52 bits per heavy atom. The van der Waals surface area contributed by atoms with E-state index in [4.69, 9.17) is 11.6 Å². The lowest BCUT2D eigenvalue weighted by Crippen LogP contribution is -2.52. The van der Waals surface area contributed by atoms with Crippen LogP contribution in [0.4, 0.5) is 0 Å². The van der Waals surface area contributed by atoms with Gasteiger partial charge in [0.2, 0.25) is 5.91 Å². The molecule has 0 bridgehead atoms. The number of aliphatic hydroxyl groups excluding tert-OH is 1. The van der Waals surface area contributed by atoms with Gasteiger partial charge >= 0.3 is 0 Å². The van der Waals surface area contributed by atoms with Crippen LogP contribution in [0.3, 0.4) is 0 Å². The number of likely N-dealkylation sites (tertiary alicyclic amines) is 1. The lowest BCUT2D eigenvalue weighted by atomic mass is 9.84. The second-order valence-corrected chi connectivity index (χ2v) is 7.04. The minimum Gasteiger partial charge on any atom is -0.394 e. The van der Waals surface area contributed by atoms with Gasteiger partial charge in [0.15, 0.2) is 0 Å². The van der Waals surface area contributed by atoms with Gasteiger partial charge < -0.3 is 10.0 Å². The van der Waals surface area contributed by atoms with Gasteiger partial charge in [-0.3, -0.25) is 4.79 Å². The lowest BCUT2D eigenvalue weighted by molar-refractivity contribution is -0.148. The number of hydrogen-bond acceptors (Lipinski definition) is 2. The number of piperidine rings is 1. The van der Waals surface area contributed by atoms with Crippen molar-refractivity contribution < 1.29 is 9.90 Å². The number of aliphatic hydroxyl groups is 1. The zero-order valence-corrected chi connectivity index (χ0v) is 14.7. The van der Waals surface area contributed by atoms with Crippen molar-refractivity contribution in [2.75, 3.05) is 6.61 Å². The first-order valence-electron chi connectivity index (χ1n) is 8.29. The molecule has 2 unspecified atom stereocenters. The summed E-state index contributed by atoms with van der Waals surface area (Å²) in [6.07, 6.45) is 4.26. The molecule has 1 aliphatic heterocycles. The number of halogens is 1. The molecule has 3 atom stereocenters. The number of allylic oxidation sites excluding steroid dienone is 1. The van der Waals surface area contributed by atoms with Crippen molar-refractivity contribution in [2.24, 2.45) is 11.8 Å². The van der Waals surface area contributed by atoms with Gasteiger partial charge in [0.1, 0.15) is 0 Å². The minimum absolute atomic E-state index is 0.000354. The maximum atomic E-state index is 13.0. The minimum atomic E-state index is -0.171. The van der Waals surface area contributed by atoms with E-state index >= 15 is 0 Å². The molecular weight excluding hydrogens is 310 g/mol. The first-order chi connectivity index (χ1) is 11.0. The molecule has 0 aliphatic carbocycles. The van der Waals surface area contributed by atoms with E-state index in [9.17, 15) is 9.90 Å². The number of hydrogen-bond donors (Lipinski definition) is 1. The Morgan fingerprint density at radius 2 is 2.00 bits per heavy atom. The van der Waals surface area contributed by atoms with E-state index in [-0.39, 0.29) is 36.4 Å². The predicted octanol–water partition coefficient (Wildman–Crippen LogP) is 4.21. The second-order valence-electron chi connectivity index (χ2n) is 6.61. The molecule has 1 saturated heterocycles. The van der Waals surface area contributed by atoms with Crippen LogP contribution >= 0.6 is 11.6 Å². The van der Waals surface area contributed by atoms with E-state index in [1.165, 1.54) is 0 Å². The van der Waals surface area contributed by atoms with Crippen molar-refractivity contribution in [1.29, 1.82) is 0 Å². The van der Waals surface area contributed by atoms with Crippen molar-refractivity contribution in [1.82, 2.24) is 4.90 Å². The normalized spacial score (nSPS) is 23.2. The third kappa shape index (κ3) is 3.96. The molecule has 1 aliphatic rings. The summed E-state index contributed by atoms with van der Waals surface area (Å²) in [6, 6.07) is 7.51. The van der Waals surface area contributed by atoms with Crippen molar-refractivity contribution in [3.63, 3.8) is 0 Å². The SMILES string of the molecule is C=CCC1CC[C@@H](c2ccc(Cl)cc2)N(C(CO)C(C)C)C1=O. The number of benzene rings is 1. The Bertz CT molecular complexity index is 541. The molecule has 0 radical (unpaired) electrons. The molecule has 1 heterocycles. The highest BCUT2D eigenvalue weighted by atomic mass is 35.5. The highest BCUT2D eigenvalue weighted by molar-refractivity contribution is 6.30. The van der Waals surface area contributed by atoms with Crippen LogP contribution in [0.15, 0.2) is 36.9 Å². The number of nitrogens with zero attached hydrogens (tertiary/aromatic N) is 1. The van der Waals surface area contributed by atoms with Gasteiger partial charge in [-0.15, -0.1) is 6.58 Å². The molecule has 2 rings (SSSR count). The molecule has 126 valence electrons. The van der Waals surface area contributed by atoms with E-state index in [1.807, 2.05) is 49.1 Å². The van der Waals surface area contributed by atoms with Crippen LogP contribution in [0.25, 0.3) is 0 Å². The molecular formula is C19H26ClNO2. The van der Waals surface area contributed by atoms with Crippen LogP contribution in [0.1, 0.15) is 44.7 Å². The van der Waals surface area contributed by atoms with Crippen LogP contribution in [-0.4, -0.2) is 28.6 Å². The van der Waals surface area contributed by atoms with Crippen LogP contribution < -0.4 is 0 Å². The summed E-state index contributed by atoms with van der Waals surface area (Å²) in [4.78, 5) is 14.9. The molecule has 1 aromatic rings.